The van der Waals surface area contributed by atoms with Crippen molar-refractivity contribution >= 4 is 17.5 Å². The molecule has 1 aliphatic heterocycles. The number of anilines is 3. The van der Waals surface area contributed by atoms with Gasteiger partial charge in [-0.25, -0.2) is 4.98 Å². The number of aryl methyl sites for hydroxylation is 4. The summed E-state index contributed by atoms with van der Waals surface area (Å²) in [4.78, 5) is 14.6. The fraction of sp³-hybridized carbons (Fsp3) is 0.524. The molecule has 2 heterocycles. The van der Waals surface area contributed by atoms with Gasteiger partial charge in [0.05, 0.1) is 0 Å². The van der Waals surface area contributed by atoms with E-state index < -0.39 is 0 Å². The summed E-state index contributed by atoms with van der Waals surface area (Å²) in [6.07, 6.45) is 2.21. The predicted molar refractivity (Wildman–Crippen MR) is 106 cm³/mol. The number of hydrogen-bond acceptors (Lipinski definition) is 4. The Morgan fingerprint density at radius 3 is 2.32 bits per heavy atom. The standard InChI is InChI=1S/C21H30N4/c1-7-10-24-11-9-18-17(6)22-21(23-20(18)24)25(8-2)19-15(4)12-14(3)13-16(19)5/h12-13H,7-11H2,1-6H3. The molecule has 0 N–H and O–H groups in total. The van der Waals surface area contributed by atoms with E-state index in [0.29, 0.717) is 0 Å². The minimum absolute atomic E-state index is 0.830. The Kier molecular flexibility index (Phi) is 4.98. The van der Waals surface area contributed by atoms with Crippen LogP contribution in [0.1, 0.15) is 48.2 Å². The Hall–Kier alpha value is -2.10. The van der Waals surface area contributed by atoms with Crippen molar-refractivity contribution in [2.75, 3.05) is 29.4 Å². The van der Waals surface area contributed by atoms with Crippen LogP contribution in [0.3, 0.4) is 0 Å². The van der Waals surface area contributed by atoms with Crippen molar-refractivity contribution in [2.45, 2.75) is 54.4 Å². The molecule has 1 aliphatic rings. The van der Waals surface area contributed by atoms with E-state index in [1.807, 2.05) is 0 Å². The largest absolute Gasteiger partial charge is 0.356 e. The first-order valence-electron chi connectivity index (χ1n) is 9.44. The van der Waals surface area contributed by atoms with Gasteiger partial charge in [-0.05, 0) is 58.6 Å². The summed E-state index contributed by atoms with van der Waals surface area (Å²) in [6, 6.07) is 4.49. The molecule has 1 aromatic heterocycles. The summed E-state index contributed by atoms with van der Waals surface area (Å²) < 4.78 is 0. The van der Waals surface area contributed by atoms with Crippen molar-refractivity contribution in [1.82, 2.24) is 9.97 Å². The molecule has 0 saturated carbocycles. The highest BCUT2D eigenvalue weighted by atomic mass is 15.3. The first kappa shape index (κ1) is 17.7. The van der Waals surface area contributed by atoms with Gasteiger partial charge < -0.3 is 9.80 Å². The lowest BCUT2D eigenvalue weighted by molar-refractivity contribution is 0.787. The zero-order valence-electron chi connectivity index (χ0n) is 16.5. The molecular weight excluding hydrogens is 308 g/mol. The van der Waals surface area contributed by atoms with E-state index in [4.69, 9.17) is 9.97 Å². The smallest absolute Gasteiger partial charge is 0.232 e. The first-order valence-corrected chi connectivity index (χ1v) is 9.44. The van der Waals surface area contributed by atoms with E-state index in [1.54, 1.807) is 0 Å². The van der Waals surface area contributed by atoms with Crippen molar-refractivity contribution in [1.29, 1.82) is 0 Å². The number of hydrogen-bond donors (Lipinski definition) is 0. The molecule has 3 rings (SSSR count). The maximum Gasteiger partial charge on any atom is 0.232 e. The van der Waals surface area contributed by atoms with Crippen LogP contribution in [0.25, 0.3) is 0 Å². The quantitative estimate of drug-likeness (QED) is 0.795. The molecule has 0 bridgehead atoms. The van der Waals surface area contributed by atoms with Gasteiger partial charge in [0.25, 0.3) is 0 Å². The van der Waals surface area contributed by atoms with E-state index >= 15 is 0 Å². The summed E-state index contributed by atoms with van der Waals surface area (Å²) in [7, 11) is 0. The molecule has 0 amide bonds. The molecule has 0 atom stereocenters. The SMILES string of the molecule is CCCN1CCc2c(C)nc(N(CC)c3c(C)cc(C)cc3C)nc21. The Labute approximate surface area is 151 Å². The number of fused-ring (bicyclic) bond motifs is 1. The van der Waals surface area contributed by atoms with Gasteiger partial charge in [-0.1, -0.05) is 24.6 Å². The van der Waals surface area contributed by atoms with Crippen molar-refractivity contribution in [2.24, 2.45) is 0 Å². The lowest BCUT2D eigenvalue weighted by Gasteiger charge is -2.27. The Balaban J connectivity index is 2.09. The number of rotatable bonds is 5. The van der Waals surface area contributed by atoms with E-state index in [-0.39, 0.29) is 0 Å². The molecule has 0 unspecified atom stereocenters. The first-order chi connectivity index (χ1) is 12.0. The van der Waals surface area contributed by atoms with E-state index in [0.717, 1.165) is 49.9 Å². The Morgan fingerprint density at radius 1 is 1.04 bits per heavy atom. The second kappa shape index (κ2) is 7.03. The van der Waals surface area contributed by atoms with Crippen LogP contribution in [0.5, 0.6) is 0 Å². The van der Waals surface area contributed by atoms with Gasteiger partial charge in [-0.3, -0.25) is 0 Å². The second-order valence-corrected chi connectivity index (χ2v) is 7.14. The molecule has 0 aliphatic carbocycles. The normalized spacial score (nSPS) is 13.3. The summed E-state index contributed by atoms with van der Waals surface area (Å²) in [6.45, 7) is 16.0. The van der Waals surface area contributed by atoms with Crippen LogP contribution >= 0.6 is 0 Å². The highest BCUT2D eigenvalue weighted by molar-refractivity contribution is 5.68. The van der Waals surface area contributed by atoms with Crippen LogP contribution in [0.2, 0.25) is 0 Å². The van der Waals surface area contributed by atoms with Crippen LogP contribution in [-0.2, 0) is 6.42 Å². The minimum atomic E-state index is 0.830. The van der Waals surface area contributed by atoms with Gasteiger partial charge in [0.15, 0.2) is 0 Å². The lowest BCUT2D eigenvalue weighted by Crippen LogP contribution is -2.25. The second-order valence-electron chi connectivity index (χ2n) is 7.14. The molecule has 134 valence electrons. The maximum atomic E-state index is 5.01. The highest BCUT2D eigenvalue weighted by Crippen LogP contribution is 2.34. The molecular formula is C21H30N4. The minimum Gasteiger partial charge on any atom is -0.356 e. The average Bonchev–Trinajstić information content (AvgIpc) is 2.94. The summed E-state index contributed by atoms with van der Waals surface area (Å²) >= 11 is 0. The Morgan fingerprint density at radius 2 is 1.72 bits per heavy atom. The van der Waals surface area contributed by atoms with Gasteiger partial charge >= 0.3 is 0 Å². The number of nitrogens with zero attached hydrogens (tertiary/aromatic N) is 4. The fourth-order valence-electron chi connectivity index (χ4n) is 4.08. The van der Waals surface area contributed by atoms with Gasteiger partial charge in [-0.15, -0.1) is 0 Å². The monoisotopic (exact) mass is 338 g/mol. The molecule has 0 spiro atoms. The van der Waals surface area contributed by atoms with Crippen LogP contribution in [0, 0.1) is 27.7 Å². The Bertz CT molecular complexity index is 759. The van der Waals surface area contributed by atoms with Crippen molar-refractivity contribution < 1.29 is 0 Å². The average molecular weight is 338 g/mol. The summed E-state index contributed by atoms with van der Waals surface area (Å²) in [5.74, 6) is 1.97. The third-order valence-corrected chi connectivity index (χ3v) is 5.07. The zero-order valence-corrected chi connectivity index (χ0v) is 16.5. The lowest BCUT2D eigenvalue weighted by atomic mass is 10.0. The van der Waals surface area contributed by atoms with Crippen molar-refractivity contribution in [3.8, 4) is 0 Å². The van der Waals surface area contributed by atoms with Gasteiger partial charge in [0, 0.05) is 36.6 Å². The van der Waals surface area contributed by atoms with E-state index in [1.165, 1.54) is 27.9 Å². The van der Waals surface area contributed by atoms with Crippen LogP contribution in [0.15, 0.2) is 12.1 Å². The van der Waals surface area contributed by atoms with Crippen LogP contribution < -0.4 is 9.80 Å². The molecule has 1 aromatic carbocycles. The van der Waals surface area contributed by atoms with Gasteiger partial charge in [-0.2, -0.15) is 4.98 Å². The third-order valence-electron chi connectivity index (χ3n) is 5.07. The number of benzene rings is 1. The zero-order chi connectivity index (χ0) is 18.1. The van der Waals surface area contributed by atoms with Crippen molar-refractivity contribution in [3.05, 3.63) is 40.1 Å². The van der Waals surface area contributed by atoms with E-state index in [9.17, 15) is 0 Å². The maximum absolute atomic E-state index is 5.01. The van der Waals surface area contributed by atoms with Gasteiger partial charge in [0.1, 0.15) is 5.82 Å². The molecule has 25 heavy (non-hydrogen) atoms. The topological polar surface area (TPSA) is 32.3 Å². The molecule has 0 saturated heterocycles. The highest BCUT2D eigenvalue weighted by Gasteiger charge is 2.25. The van der Waals surface area contributed by atoms with Crippen molar-refractivity contribution in [3.63, 3.8) is 0 Å². The van der Waals surface area contributed by atoms with Gasteiger partial charge in [0.2, 0.25) is 5.95 Å². The molecule has 4 heteroatoms. The fourth-order valence-corrected chi connectivity index (χ4v) is 4.08. The molecule has 4 nitrogen and oxygen atoms in total. The summed E-state index contributed by atoms with van der Waals surface area (Å²) in [5, 5.41) is 0. The molecule has 2 aromatic rings. The molecule has 0 fully saturated rings. The molecule has 0 radical (unpaired) electrons. The summed E-state index contributed by atoms with van der Waals surface area (Å²) in [5.41, 5.74) is 7.56. The van der Waals surface area contributed by atoms with E-state index in [2.05, 4.69) is 63.5 Å². The predicted octanol–water partition coefficient (Wildman–Crippen LogP) is 4.64. The van der Waals surface area contributed by atoms with Crippen LogP contribution in [-0.4, -0.2) is 29.6 Å². The number of aromatic nitrogens is 2. The third kappa shape index (κ3) is 3.22. The van der Waals surface area contributed by atoms with Crippen LogP contribution in [0.4, 0.5) is 17.5 Å².